The first-order chi connectivity index (χ1) is 1.41. The fourth-order valence-corrected chi connectivity index (χ4v) is 0. The Morgan fingerprint density at radius 3 is 1.75 bits per heavy atom. The molecule has 0 aromatic carbocycles. The molecule has 0 aliphatic rings. The van der Waals surface area contributed by atoms with Crippen molar-refractivity contribution in [2.45, 2.75) is 0 Å². The van der Waals surface area contributed by atoms with Crippen molar-refractivity contribution in [2.24, 2.45) is 0 Å². The first kappa shape index (κ1) is 8.95. The number of nitrogens with zero attached hydrogens (tertiary/aromatic N) is 1. The number of hydrogen-bond acceptors (Lipinski definition) is 2. The van der Waals surface area contributed by atoms with E-state index in [0.717, 1.165) is 6.26 Å². The molecule has 2 nitrogen and oxygen atoms in total. The van der Waals surface area contributed by atoms with E-state index in [0.29, 0.717) is 0 Å². The number of aliphatic hydroxyl groups excluding tert-OH is 1. The van der Waals surface area contributed by atoms with Crippen molar-refractivity contribution in [1.82, 2.24) is 0 Å². The first-order valence-corrected chi connectivity index (χ1v) is 0.447. The summed E-state index contributed by atoms with van der Waals surface area (Å²) in [6, 6.07) is 0. The topological polar surface area (TPSA) is 44.0 Å². The van der Waals surface area contributed by atoms with Crippen LogP contribution in [0.4, 0.5) is 0 Å². The summed E-state index contributed by atoms with van der Waals surface area (Å²) in [5.74, 6) is 0. The van der Waals surface area contributed by atoms with Gasteiger partial charge >= 0.3 is 0 Å². The van der Waals surface area contributed by atoms with Crippen LogP contribution in [0.5, 0.6) is 0 Å². The van der Waals surface area contributed by atoms with E-state index in [-0.39, 0.29) is 23.7 Å². The van der Waals surface area contributed by atoms with Gasteiger partial charge in [-0.2, -0.15) is 5.26 Å². The Morgan fingerprint density at radius 1 is 1.75 bits per heavy atom. The predicted octanol–water partition coefficient (Wildman–Crippen LogP) is -0.541. The van der Waals surface area contributed by atoms with E-state index in [1.54, 1.807) is 0 Å². The minimum atomic E-state index is 0. The monoisotopic (exact) mass is 173 g/mol. The van der Waals surface area contributed by atoms with Gasteiger partial charge < -0.3 is 5.11 Å². The van der Waals surface area contributed by atoms with E-state index < -0.39 is 0 Å². The van der Waals surface area contributed by atoms with Gasteiger partial charge in [0.25, 0.3) is 6.26 Å². The van der Waals surface area contributed by atoms with Crippen LogP contribution in [0.25, 0.3) is 0 Å². The standard InChI is InChI=1S/CHNO.Te/c2-1-3;/h3H;. The van der Waals surface area contributed by atoms with Gasteiger partial charge in [0.15, 0.2) is 0 Å². The number of aliphatic hydroxyl groups is 1. The van der Waals surface area contributed by atoms with Crippen LogP contribution in [0.1, 0.15) is 0 Å². The third-order valence-corrected chi connectivity index (χ3v) is 0. The minimum Gasteiger partial charge on any atom is -0.443 e. The molecule has 4 heavy (non-hydrogen) atoms. The fourth-order valence-electron chi connectivity index (χ4n) is 0. The van der Waals surface area contributed by atoms with Crippen LogP contribution in [-0.2, 0) is 0 Å². The number of rotatable bonds is 0. The molecule has 0 saturated carbocycles. The Bertz CT molecular complexity index is 29.5. The Labute approximate surface area is 40.8 Å². The van der Waals surface area contributed by atoms with E-state index in [1.165, 1.54) is 0 Å². The zero-order valence-electron chi connectivity index (χ0n) is 1.80. The summed E-state index contributed by atoms with van der Waals surface area (Å²) in [7, 11) is 0. The second kappa shape index (κ2) is 11.4. The molecule has 22 valence electrons. The largest absolute Gasteiger partial charge is 0.443 e. The van der Waals surface area contributed by atoms with Gasteiger partial charge in [-0.3, -0.25) is 0 Å². The van der Waals surface area contributed by atoms with Crippen LogP contribution in [0, 0.1) is 11.5 Å². The maximum atomic E-state index is 6.88. The molecule has 2 radical (unpaired) electrons. The maximum absolute atomic E-state index is 6.88. The number of nitriles is 1. The van der Waals surface area contributed by atoms with Crippen molar-refractivity contribution in [3.63, 3.8) is 0 Å². The molecule has 0 fully saturated rings. The van der Waals surface area contributed by atoms with E-state index in [1.807, 2.05) is 0 Å². The molecule has 0 spiro atoms. The van der Waals surface area contributed by atoms with Crippen LogP contribution in [0.3, 0.4) is 0 Å². The van der Waals surface area contributed by atoms with Crippen LogP contribution in [-0.4, -0.2) is 28.8 Å². The smallest absolute Gasteiger partial charge is 0.283 e. The molecule has 0 aliphatic carbocycles. The summed E-state index contributed by atoms with van der Waals surface area (Å²) >= 11 is 0. The summed E-state index contributed by atoms with van der Waals surface area (Å²) in [5.41, 5.74) is 0. The van der Waals surface area contributed by atoms with E-state index in [2.05, 4.69) is 0 Å². The average molecular weight is 171 g/mol. The molecule has 0 atom stereocenters. The Kier molecular flexibility index (Phi) is 25.6. The average Bonchev–Trinajstić information content (AvgIpc) is 0.918. The molecular formula is CHNOTe. The zero-order chi connectivity index (χ0) is 2.71. The molecule has 0 bridgehead atoms. The van der Waals surface area contributed by atoms with Gasteiger partial charge in [-0.05, 0) is 0 Å². The summed E-state index contributed by atoms with van der Waals surface area (Å²) < 4.78 is 0. The molecule has 0 aromatic rings. The molecule has 0 aromatic heterocycles. The molecule has 1 N–H and O–H groups in total. The van der Waals surface area contributed by atoms with Crippen LogP contribution >= 0.6 is 0 Å². The van der Waals surface area contributed by atoms with Crippen LogP contribution < -0.4 is 0 Å². The molecule has 0 heterocycles. The molecule has 3 heteroatoms. The van der Waals surface area contributed by atoms with E-state index in [9.17, 15) is 0 Å². The molecular weight excluding hydrogens is 170 g/mol. The molecule has 0 unspecified atom stereocenters. The second-order valence-electron chi connectivity index (χ2n) is 0.100. The SMILES string of the molecule is N#CO.[Te]. The van der Waals surface area contributed by atoms with Crippen molar-refractivity contribution < 1.29 is 5.11 Å². The molecule has 0 aliphatic heterocycles. The van der Waals surface area contributed by atoms with Crippen LogP contribution in [0.15, 0.2) is 0 Å². The van der Waals surface area contributed by atoms with Crippen molar-refractivity contribution in [2.75, 3.05) is 0 Å². The third kappa shape index (κ3) is 382. The first-order valence-electron chi connectivity index (χ1n) is 0.447. The summed E-state index contributed by atoms with van der Waals surface area (Å²) in [6.07, 6.45) is 0.750. The van der Waals surface area contributed by atoms with Gasteiger partial charge in [-0.1, -0.05) is 0 Å². The fraction of sp³-hybridized carbons (Fsp3) is 0. The summed E-state index contributed by atoms with van der Waals surface area (Å²) in [6.45, 7) is 0. The summed E-state index contributed by atoms with van der Waals surface area (Å²) in [5, 5.41) is 13.8. The molecule has 0 amide bonds. The Hall–Kier alpha value is 0.0796. The van der Waals surface area contributed by atoms with Crippen molar-refractivity contribution in [1.29, 1.82) is 5.26 Å². The Morgan fingerprint density at radius 2 is 1.75 bits per heavy atom. The second-order valence-corrected chi connectivity index (χ2v) is 0.100. The normalized spacial score (nSPS) is 1.75. The van der Waals surface area contributed by atoms with Gasteiger partial charge in [0, 0.05) is 23.7 Å². The molecule has 0 saturated heterocycles. The summed E-state index contributed by atoms with van der Waals surface area (Å²) in [4.78, 5) is 0. The van der Waals surface area contributed by atoms with Gasteiger partial charge in [0.2, 0.25) is 0 Å². The maximum Gasteiger partial charge on any atom is 0.283 e. The van der Waals surface area contributed by atoms with Crippen molar-refractivity contribution in [3.05, 3.63) is 0 Å². The van der Waals surface area contributed by atoms with Gasteiger partial charge in [0.1, 0.15) is 0 Å². The number of hydrogen-bond donors (Lipinski definition) is 1. The molecule has 0 rings (SSSR count). The van der Waals surface area contributed by atoms with Gasteiger partial charge in [-0.15, -0.1) is 0 Å². The predicted molar refractivity (Wildman–Crippen MR) is 13.3 cm³/mol. The van der Waals surface area contributed by atoms with E-state index >= 15 is 0 Å². The third-order valence-electron chi connectivity index (χ3n) is 0. The van der Waals surface area contributed by atoms with E-state index in [4.69, 9.17) is 10.4 Å². The van der Waals surface area contributed by atoms with Gasteiger partial charge in [-0.25, -0.2) is 0 Å². The van der Waals surface area contributed by atoms with Crippen molar-refractivity contribution >= 4 is 23.7 Å². The minimum absolute atomic E-state index is 0. The Balaban J connectivity index is 0. The zero-order valence-corrected chi connectivity index (χ0v) is 4.13. The van der Waals surface area contributed by atoms with Gasteiger partial charge in [0.05, 0.1) is 0 Å². The quantitative estimate of drug-likeness (QED) is 0.392. The van der Waals surface area contributed by atoms with Crippen molar-refractivity contribution in [3.8, 4) is 6.26 Å². The van der Waals surface area contributed by atoms with Crippen LogP contribution in [0.2, 0.25) is 0 Å².